The van der Waals surface area contributed by atoms with Gasteiger partial charge in [-0.1, -0.05) is 36.4 Å². The lowest BCUT2D eigenvalue weighted by Crippen LogP contribution is -2.25. The summed E-state index contributed by atoms with van der Waals surface area (Å²) in [4.78, 5) is 23.9. The van der Waals surface area contributed by atoms with Crippen LogP contribution in [0.25, 0.3) is 0 Å². The molecule has 1 atom stereocenters. The Balaban J connectivity index is 1.93. The van der Waals surface area contributed by atoms with E-state index in [-0.39, 0.29) is 13.0 Å². The molecule has 0 saturated heterocycles. The number of hydrogen-bond donors (Lipinski definition) is 0. The van der Waals surface area contributed by atoms with Crippen LogP contribution >= 0.6 is 0 Å². The molecule has 0 saturated carbocycles. The van der Waals surface area contributed by atoms with Crippen molar-refractivity contribution in [1.29, 1.82) is 0 Å². The number of benzene rings is 2. The topological polar surface area (TPSA) is 52.6 Å². The zero-order chi connectivity index (χ0) is 16.5. The third kappa shape index (κ3) is 5.01. The van der Waals surface area contributed by atoms with Gasteiger partial charge in [0.15, 0.2) is 0 Å². The van der Waals surface area contributed by atoms with Gasteiger partial charge in [-0.05, 0) is 24.3 Å². The molecule has 4 nitrogen and oxygen atoms in total. The first-order valence-electron chi connectivity index (χ1n) is 7.12. The monoisotopic (exact) mass is 308 g/mol. The molecule has 0 aliphatic heterocycles. The van der Waals surface area contributed by atoms with Crippen LogP contribution in [0.5, 0.6) is 0 Å². The highest BCUT2D eigenvalue weighted by molar-refractivity contribution is 5.90. The van der Waals surface area contributed by atoms with E-state index in [1.807, 2.05) is 0 Å². The SMILES string of the molecule is C#CC[C@@H](COC(=O)c1ccccc1)OC(=O)c1ccccc1. The van der Waals surface area contributed by atoms with E-state index in [2.05, 4.69) is 5.92 Å². The molecular weight excluding hydrogens is 292 g/mol. The molecule has 0 N–H and O–H groups in total. The second kappa shape index (κ2) is 8.40. The smallest absolute Gasteiger partial charge is 0.338 e. The van der Waals surface area contributed by atoms with Crippen LogP contribution in [0.15, 0.2) is 60.7 Å². The summed E-state index contributed by atoms with van der Waals surface area (Å²) in [5.74, 6) is 1.44. The Bertz CT molecular complexity index is 686. The van der Waals surface area contributed by atoms with Crippen molar-refractivity contribution in [3.63, 3.8) is 0 Å². The molecule has 4 heteroatoms. The van der Waals surface area contributed by atoms with Gasteiger partial charge in [0.1, 0.15) is 12.7 Å². The van der Waals surface area contributed by atoms with Gasteiger partial charge in [0, 0.05) is 6.42 Å². The number of hydrogen-bond acceptors (Lipinski definition) is 4. The Morgan fingerprint density at radius 1 is 0.913 bits per heavy atom. The predicted molar refractivity (Wildman–Crippen MR) is 85.8 cm³/mol. The maximum Gasteiger partial charge on any atom is 0.338 e. The van der Waals surface area contributed by atoms with Crippen LogP contribution in [-0.2, 0) is 9.47 Å². The lowest BCUT2D eigenvalue weighted by molar-refractivity contribution is 0.000900. The minimum atomic E-state index is -0.680. The first kappa shape index (κ1) is 16.3. The lowest BCUT2D eigenvalue weighted by atomic mass is 10.2. The van der Waals surface area contributed by atoms with E-state index in [0.717, 1.165) is 0 Å². The fraction of sp³-hybridized carbons (Fsp3) is 0.158. The zero-order valence-electron chi connectivity index (χ0n) is 12.5. The molecule has 2 rings (SSSR count). The number of carbonyl (C=O) groups is 2. The van der Waals surface area contributed by atoms with Crippen molar-refractivity contribution in [2.75, 3.05) is 6.61 Å². The molecule has 0 aromatic heterocycles. The van der Waals surface area contributed by atoms with Crippen molar-refractivity contribution in [3.05, 3.63) is 71.8 Å². The number of ether oxygens (including phenoxy) is 2. The summed E-state index contributed by atoms with van der Waals surface area (Å²) in [6.07, 6.45) is 4.77. The van der Waals surface area contributed by atoms with Crippen LogP contribution in [0.1, 0.15) is 27.1 Å². The molecule has 0 spiro atoms. The summed E-state index contributed by atoms with van der Waals surface area (Å²) in [6.45, 7) is -0.0868. The van der Waals surface area contributed by atoms with Gasteiger partial charge < -0.3 is 9.47 Å². The summed E-state index contributed by atoms with van der Waals surface area (Å²) in [5.41, 5.74) is 0.852. The Morgan fingerprint density at radius 3 is 1.96 bits per heavy atom. The molecule has 116 valence electrons. The van der Waals surface area contributed by atoms with Gasteiger partial charge >= 0.3 is 11.9 Å². The fourth-order valence-electron chi connectivity index (χ4n) is 1.89. The van der Waals surface area contributed by atoms with Crippen LogP contribution in [0.4, 0.5) is 0 Å². The zero-order valence-corrected chi connectivity index (χ0v) is 12.5. The molecule has 23 heavy (non-hydrogen) atoms. The molecule has 2 aromatic carbocycles. The number of terminal acetylenes is 1. The fourth-order valence-corrected chi connectivity index (χ4v) is 1.89. The van der Waals surface area contributed by atoms with E-state index in [1.54, 1.807) is 60.7 Å². The van der Waals surface area contributed by atoms with Crippen LogP contribution in [-0.4, -0.2) is 24.6 Å². The van der Waals surface area contributed by atoms with Crippen molar-refractivity contribution in [2.24, 2.45) is 0 Å². The van der Waals surface area contributed by atoms with Gasteiger partial charge in [0.25, 0.3) is 0 Å². The van der Waals surface area contributed by atoms with Gasteiger partial charge in [-0.2, -0.15) is 0 Å². The Morgan fingerprint density at radius 2 is 1.43 bits per heavy atom. The molecule has 0 aliphatic rings. The minimum Gasteiger partial charge on any atom is -0.458 e. The molecular formula is C19H16O4. The third-order valence-corrected chi connectivity index (χ3v) is 3.04. The summed E-state index contributed by atoms with van der Waals surface area (Å²) >= 11 is 0. The van der Waals surface area contributed by atoms with Crippen molar-refractivity contribution in [3.8, 4) is 12.3 Å². The normalized spacial score (nSPS) is 11.1. The summed E-state index contributed by atoms with van der Waals surface area (Å²) < 4.78 is 10.5. The highest BCUT2D eigenvalue weighted by atomic mass is 16.6. The molecule has 2 aromatic rings. The van der Waals surface area contributed by atoms with Crippen LogP contribution in [0.3, 0.4) is 0 Å². The number of carbonyl (C=O) groups excluding carboxylic acids is 2. The maximum atomic E-state index is 12.0. The van der Waals surface area contributed by atoms with E-state index in [1.165, 1.54) is 0 Å². The van der Waals surface area contributed by atoms with E-state index < -0.39 is 18.0 Å². The molecule has 0 bridgehead atoms. The van der Waals surface area contributed by atoms with Crippen LogP contribution in [0, 0.1) is 12.3 Å². The largest absolute Gasteiger partial charge is 0.458 e. The number of esters is 2. The quantitative estimate of drug-likeness (QED) is 0.608. The minimum absolute atomic E-state index is 0.0868. The summed E-state index contributed by atoms with van der Waals surface area (Å²) in [6, 6.07) is 17.1. The third-order valence-electron chi connectivity index (χ3n) is 3.04. The highest BCUT2D eigenvalue weighted by Gasteiger charge is 2.17. The van der Waals surface area contributed by atoms with Gasteiger partial charge in [-0.3, -0.25) is 0 Å². The molecule has 0 radical (unpaired) electrons. The van der Waals surface area contributed by atoms with Gasteiger partial charge in [-0.25, -0.2) is 9.59 Å². The number of rotatable bonds is 6. The Hall–Kier alpha value is -3.06. The van der Waals surface area contributed by atoms with Crippen molar-refractivity contribution in [2.45, 2.75) is 12.5 Å². The Labute approximate surface area is 135 Å². The standard InChI is InChI=1S/C19H16O4/c1-2-9-17(23-19(21)16-12-7-4-8-13-16)14-22-18(20)15-10-5-3-6-11-15/h1,3-8,10-13,17H,9,14H2/t17-/m0/s1. The van der Waals surface area contributed by atoms with Gasteiger partial charge in [0.05, 0.1) is 11.1 Å². The van der Waals surface area contributed by atoms with Crippen molar-refractivity contribution < 1.29 is 19.1 Å². The second-order valence-corrected chi connectivity index (χ2v) is 4.77. The Kier molecular flexibility index (Phi) is 5.96. The van der Waals surface area contributed by atoms with Gasteiger partial charge in [0.2, 0.25) is 0 Å². The molecule has 0 fully saturated rings. The molecule has 0 heterocycles. The van der Waals surface area contributed by atoms with E-state index in [9.17, 15) is 9.59 Å². The van der Waals surface area contributed by atoms with Crippen LogP contribution < -0.4 is 0 Å². The average Bonchev–Trinajstić information content (AvgIpc) is 2.61. The van der Waals surface area contributed by atoms with Crippen molar-refractivity contribution >= 4 is 11.9 Å². The summed E-state index contributed by atoms with van der Waals surface area (Å²) in [5, 5.41) is 0. The predicted octanol–water partition coefficient (Wildman–Crippen LogP) is 3.09. The highest BCUT2D eigenvalue weighted by Crippen LogP contribution is 2.08. The van der Waals surface area contributed by atoms with Gasteiger partial charge in [-0.15, -0.1) is 12.3 Å². The second-order valence-electron chi connectivity index (χ2n) is 4.77. The first-order chi connectivity index (χ1) is 11.2. The molecule has 0 amide bonds. The average molecular weight is 308 g/mol. The lowest BCUT2D eigenvalue weighted by Gasteiger charge is -2.16. The van der Waals surface area contributed by atoms with Crippen molar-refractivity contribution in [1.82, 2.24) is 0 Å². The first-order valence-corrected chi connectivity index (χ1v) is 7.12. The van der Waals surface area contributed by atoms with E-state index in [4.69, 9.17) is 15.9 Å². The van der Waals surface area contributed by atoms with E-state index in [0.29, 0.717) is 11.1 Å². The van der Waals surface area contributed by atoms with E-state index >= 15 is 0 Å². The van der Waals surface area contributed by atoms with Crippen LogP contribution in [0.2, 0.25) is 0 Å². The summed E-state index contributed by atoms with van der Waals surface area (Å²) in [7, 11) is 0. The molecule has 0 aliphatic carbocycles. The maximum absolute atomic E-state index is 12.0. The molecule has 0 unspecified atom stereocenters.